The maximum absolute atomic E-state index is 13.4. The van der Waals surface area contributed by atoms with Crippen molar-refractivity contribution in [2.24, 2.45) is 0 Å². The van der Waals surface area contributed by atoms with Crippen LogP contribution in [0.5, 0.6) is 23.0 Å². The summed E-state index contributed by atoms with van der Waals surface area (Å²) in [7, 11) is 3.02. The Morgan fingerprint density at radius 3 is 2.29 bits per heavy atom. The molecule has 2 aromatic rings. The van der Waals surface area contributed by atoms with Gasteiger partial charge in [0.05, 0.1) is 20.8 Å². The lowest BCUT2D eigenvalue weighted by atomic mass is 9.89. The van der Waals surface area contributed by atoms with Crippen molar-refractivity contribution >= 4 is 17.8 Å². The normalized spacial score (nSPS) is 13.3. The van der Waals surface area contributed by atoms with Gasteiger partial charge in [0.2, 0.25) is 0 Å². The number of ketones is 1. The molecule has 2 aromatic carbocycles. The molecule has 0 saturated heterocycles. The minimum atomic E-state index is -1.93. The number of rotatable bonds is 11. The maximum Gasteiger partial charge on any atom is 0.250 e. The van der Waals surface area contributed by atoms with E-state index < -0.39 is 29.4 Å². The molecule has 0 heterocycles. The summed E-state index contributed by atoms with van der Waals surface area (Å²) in [4.78, 5) is 26.6. The quantitative estimate of drug-likeness (QED) is 0.185. The lowest BCUT2D eigenvalue weighted by Crippen LogP contribution is -2.68. The molecule has 0 unspecified atom stereocenters. The van der Waals surface area contributed by atoms with Crippen LogP contribution < -0.4 is 20.1 Å². The third-order valence-corrected chi connectivity index (χ3v) is 5.22. The fourth-order valence-corrected chi connectivity index (χ4v) is 3.53. The summed E-state index contributed by atoms with van der Waals surface area (Å²) >= 11 is 0. The van der Waals surface area contributed by atoms with E-state index >= 15 is 0 Å². The standard InChI is InChI=1S/C26H34N2O7/c1-25(2,3)28-26(16-29,24(33)27-13-12-17-6-9-20(30)21(31)14-17)23(32)11-7-18-15-19(34-4)8-10-22(18)35-5/h6-11,14-15,28-31H,12-13,16H2,1-5H3,(H,27,33)/t26-/m1/s1. The summed E-state index contributed by atoms with van der Waals surface area (Å²) in [6.45, 7) is 4.72. The summed E-state index contributed by atoms with van der Waals surface area (Å²) in [5, 5.41) is 35.0. The first-order valence-electron chi connectivity index (χ1n) is 11.1. The van der Waals surface area contributed by atoms with E-state index in [1.54, 1.807) is 45.0 Å². The number of hydrogen-bond acceptors (Lipinski definition) is 8. The van der Waals surface area contributed by atoms with Crippen molar-refractivity contribution in [2.45, 2.75) is 38.3 Å². The molecule has 9 heteroatoms. The molecule has 0 aliphatic rings. The number of nitrogens with one attached hydrogen (secondary N) is 2. The number of aromatic hydroxyl groups is 2. The highest BCUT2D eigenvalue weighted by atomic mass is 16.5. The van der Waals surface area contributed by atoms with Crippen molar-refractivity contribution in [3.63, 3.8) is 0 Å². The van der Waals surface area contributed by atoms with Gasteiger partial charge in [-0.2, -0.15) is 0 Å². The van der Waals surface area contributed by atoms with Crippen molar-refractivity contribution in [1.82, 2.24) is 10.6 Å². The number of amides is 1. The van der Waals surface area contributed by atoms with Crippen LogP contribution in [0.3, 0.4) is 0 Å². The largest absolute Gasteiger partial charge is 0.504 e. The lowest BCUT2D eigenvalue weighted by Gasteiger charge is -2.36. The van der Waals surface area contributed by atoms with E-state index in [2.05, 4.69) is 10.6 Å². The molecule has 2 rings (SSSR count). The molecule has 0 aliphatic heterocycles. The van der Waals surface area contributed by atoms with Crippen LogP contribution in [0.4, 0.5) is 0 Å². The molecular formula is C26H34N2O7. The molecule has 0 radical (unpaired) electrons. The number of benzene rings is 2. The molecule has 0 aliphatic carbocycles. The fourth-order valence-electron chi connectivity index (χ4n) is 3.53. The SMILES string of the molecule is COc1ccc(OC)c(C=CC(=O)[C@@](CO)(NC(C)(C)C)C(=O)NCCc2ccc(O)c(O)c2)c1. The van der Waals surface area contributed by atoms with Gasteiger partial charge in [-0.05, 0) is 75.2 Å². The second-order valence-electron chi connectivity index (χ2n) is 9.07. The van der Waals surface area contributed by atoms with Crippen LogP contribution in [0.1, 0.15) is 31.9 Å². The van der Waals surface area contributed by atoms with Crippen LogP contribution in [0.25, 0.3) is 6.08 Å². The Hall–Kier alpha value is -3.56. The zero-order valence-electron chi connectivity index (χ0n) is 20.7. The Kier molecular flexibility index (Phi) is 9.27. The maximum atomic E-state index is 13.4. The molecule has 0 aromatic heterocycles. The average molecular weight is 487 g/mol. The second-order valence-corrected chi connectivity index (χ2v) is 9.07. The highest BCUT2D eigenvalue weighted by molar-refractivity contribution is 6.16. The minimum absolute atomic E-state index is 0.136. The smallest absolute Gasteiger partial charge is 0.250 e. The van der Waals surface area contributed by atoms with Crippen LogP contribution in [-0.2, 0) is 16.0 Å². The summed E-state index contributed by atoms with van der Waals surface area (Å²) < 4.78 is 10.6. The topological polar surface area (TPSA) is 137 Å². The first-order valence-corrected chi connectivity index (χ1v) is 11.1. The van der Waals surface area contributed by atoms with Crippen molar-refractivity contribution in [1.29, 1.82) is 0 Å². The van der Waals surface area contributed by atoms with E-state index in [4.69, 9.17) is 9.47 Å². The molecule has 35 heavy (non-hydrogen) atoms. The molecule has 1 amide bonds. The predicted octanol–water partition coefficient (Wildman–Crippen LogP) is 2.18. The Morgan fingerprint density at radius 1 is 1.00 bits per heavy atom. The zero-order chi connectivity index (χ0) is 26.2. The van der Waals surface area contributed by atoms with Gasteiger partial charge in [0.25, 0.3) is 5.91 Å². The number of aliphatic hydroxyl groups is 1. The summed E-state index contributed by atoms with van der Waals surface area (Å²) in [5.74, 6) is -0.755. The van der Waals surface area contributed by atoms with Gasteiger partial charge in [-0.3, -0.25) is 14.9 Å². The first-order chi connectivity index (χ1) is 16.5. The van der Waals surface area contributed by atoms with E-state index in [0.717, 1.165) is 0 Å². The molecule has 0 fully saturated rings. The number of methoxy groups -OCH3 is 2. The van der Waals surface area contributed by atoms with Gasteiger partial charge in [-0.25, -0.2) is 0 Å². The van der Waals surface area contributed by atoms with Crippen molar-refractivity contribution in [3.05, 3.63) is 53.6 Å². The fraction of sp³-hybridized carbons (Fsp3) is 0.385. The Morgan fingerprint density at radius 2 is 1.71 bits per heavy atom. The number of aliphatic hydroxyl groups excluding tert-OH is 1. The molecule has 9 nitrogen and oxygen atoms in total. The van der Waals surface area contributed by atoms with Gasteiger partial charge in [-0.1, -0.05) is 6.07 Å². The average Bonchev–Trinajstić information content (AvgIpc) is 2.82. The van der Waals surface area contributed by atoms with E-state index in [1.807, 2.05) is 0 Å². The lowest BCUT2D eigenvalue weighted by molar-refractivity contribution is -0.138. The minimum Gasteiger partial charge on any atom is -0.504 e. The molecule has 190 valence electrons. The summed E-state index contributed by atoms with van der Waals surface area (Å²) in [5.41, 5.74) is -1.37. The van der Waals surface area contributed by atoms with E-state index in [0.29, 0.717) is 29.0 Å². The zero-order valence-corrected chi connectivity index (χ0v) is 20.7. The molecule has 0 saturated carbocycles. The van der Waals surface area contributed by atoms with Crippen LogP contribution in [0.15, 0.2) is 42.5 Å². The van der Waals surface area contributed by atoms with Gasteiger partial charge in [-0.15, -0.1) is 0 Å². The molecular weight excluding hydrogens is 452 g/mol. The number of phenols is 2. The van der Waals surface area contributed by atoms with Gasteiger partial charge in [0, 0.05) is 17.6 Å². The van der Waals surface area contributed by atoms with Crippen LogP contribution in [0.2, 0.25) is 0 Å². The third kappa shape index (κ3) is 7.21. The van der Waals surface area contributed by atoms with Crippen molar-refractivity contribution < 1.29 is 34.4 Å². The monoisotopic (exact) mass is 486 g/mol. The van der Waals surface area contributed by atoms with E-state index in [1.165, 1.54) is 38.5 Å². The molecule has 5 N–H and O–H groups in total. The predicted molar refractivity (Wildman–Crippen MR) is 133 cm³/mol. The van der Waals surface area contributed by atoms with Gasteiger partial charge >= 0.3 is 0 Å². The highest BCUT2D eigenvalue weighted by Crippen LogP contribution is 2.26. The van der Waals surface area contributed by atoms with Crippen molar-refractivity contribution in [3.8, 4) is 23.0 Å². The van der Waals surface area contributed by atoms with Crippen molar-refractivity contribution in [2.75, 3.05) is 27.4 Å². The van der Waals surface area contributed by atoms with Gasteiger partial charge in [0.15, 0.2) is 22.8 Å². The Balaban J connectivity index is 2.28. The number of carbonyl (C=O) groups is 2. The number of carbonyl (C=O) groups excluding carboxylic acids is 2. The molecule has 1 atom stereocenters. The third-order valence-electron chi connectivity index (χ3n) is 5.22. The Bertz CT molecular complexity index is 1080. The number of phenolic OH excluding ortho intramolecular Hbond substituents is 2. The molecule has 0 spiro atoms. The Labute approximate surface area is 205 Å². The highest BCUT2D eigenvalue weighted by Gasteiger charge is 2.46. The molecule has 0 bridgehead atoms. The van der Waals surface area contributed by atoms with Gasteiger partial charge < -0.3 is 30.1 Å². The van der Waals surface area contributed by atoms with Crippen LogP contribution in [-0.4, -0.2) is 65.5 Å². The van der Waals surface area contributed by atoms with Crippen LogP contribution >= 0.6 is 0 Å². The van der Waals surface area contributed by atoms with E-state index in [9.17, 15) is 24.9 Å². The first kappa shape index (κ1) is 27.7. The van der Waals surface area contributed by atoms with Crippen LogP contribution in [0, 0.1) is 0 Å². The summed E-state index contributed by atoms with van der Waals surface area (Å²) in [6, 6.07) is 9.47. The van der Waals surface area contributed by atoms with E-state index in [-0.39, 0.29) is 18.0 Å². The number of hydrogen-bond donors (Lipinski definition) is 5. The summed E-state index contributed by atoms with van der Waals surface area (Å²) in [6.07, 6.45) is 3.07. The second kappa shape index (κ2) is 11.7. The number of ether oxygens (including phenoxy) is 2. The van der Waals surface area contributed by atoms with Gasteiger partial charge in [0.1, 0.15) is 11.5 Å².